The highest BCUT2D eigenvalue weighted by Crippen LogP contribution is 2.19. The van der Waals surface area contributed by atoms with Gasteiger partial charge in [0, 0.05) is 36.6 Å². The Balaban J connectivity index is 1.34. The summed E-state index contributed by atoms with van der Waals surface area (Å²) in [5.41, 5.74) is 13.8. The molecule has 1 aromatic carbocycles. The minimum Gasteiger partial charge on any atom is -0.465 e. The highest BCUT2D eigenvalue weighted by atomic mass is 32.2. The van der Waals surface area contributed by atoms with Gasteiger partial charge in [-0.25, -0.2) is 4.79 Å². The molecule has 3 rings (SSSR count). The predicted octanol–water partition coefficient (Wildman–Crippen LogP) is 5.77. The van der Waals surface area contributed by atoms with Gasteiger partial charge < -0.3 is 36.9 Å². The van der Waals surface area contributed by atoms with Crippen LogP contribution < -0.4 is 27.8 Å². The number of aliphatic hydroxyl groups excluding tert-OH is 1. The van der Waals surface area contributed by atoms with Crippen LogP contribution in [-0.4, -0.2) is 79.6 Å². The van der Waals surface area contributed by atoms with Gasteiger partial charge in [0.15, 0.2) is 17.2 Å². The number of benzene rings is 1. The second-order valence-corrected chi connectivity index (χ2v) is 15.0. The molecule has 2 heterocycles. The number of aliphatic hydroxyl groups is 1. The molecule has 8 N–H and O–H groups in total. The van der Waals surface area contributed by atoms with E-state index in [1.54, 1.807) is 24.3 Å². The minimum atomic E-state index is -0.972. The molecule has 2 atom stereocenters. The van der Waals surface area contributed by atoms with Crippen molar-refractivity contribution in [1.29, 1.82) is 0 Å². The summed E-state index contributed by atoms with van der Waals surface area (Å²) in [7, 11) is 0. The number of nitrogens with two attached hydrogens (primary N) is 2. The molecule has 0 aliphatic rings. The van der Waals surface area contributed by atoms with Crippen molar-refractivity contribution < 1.29 is 24.2 Å². The third kappa shape index (κ3) is 15.8. The summed E-state index contributed by atoms with van der Waals surface area (Å²) in [5.74, 6) is -0.674. The number of imidazole rings is 1. The Hall–Kier alpha value is -3.95. The number of carbonyl (C=O) groups excluding carboxylic acids is 3. The van der Waals surface area contributed by atoms with Crippen LogP contribution in [0.1, 0.15) is 116 Å². The van der Waals surface area contributed by atoms with Crippen LogP contribution in [0.2, 0.25) is 0 Å². The Morgan fingerprint density at radius 2 is 1.59 bits per heavy atom. The SMILES string of the molecule is CCCCCCCCCCCCCC(=O)OCCSC[C@@H](N)C(=O)C[C@@H](CO)C(=O)Nc1ccc(Cn2c(=O)[nH]c3c(N)nc(NCCCC)nc32)cc1. The Morgan fingerprint density at radius 1 is 0.944 bits per heavy atom. The number of nitrogens with zero attached hydrogens (tertiary/aromatic N) is 3. The number of thioether (sulfide) groups is 1. The van der Waals surface area contributed by atoms with E-state index in [1.807, 2.05) is 0 Å². The fourth-order valence-corrected chi connectivity index (χ4v) is 6.74. The van der Waals surface area contributed by atoms with Crippen LogP contribution in [0, 0.1) is 5.92 Å². The number of hydrogen-bond acceptors (Lipinski definition) is 12. The van der Waals surface area contributed by atoms with Crippen molar-refractivity contribution in [3.05, 3.63) is 40.3 Å². The van der Waals surface area contributed by atoms with E-state index < -0.39 is 24.5 Å². The number of ketones is 1. The standard InChI is InChI=1S/C39H62N8O6S/c1-3-5-7-8-9-10-11-12-13-14-15-16-33(50)53-22-23-54-27-31(40)32(49)24-29(26-48)37(51)43-30-19-17-28(18-20-30)25-47-36-34(44-39(47)52)35(41)45-38(46-36)42-21-6-4-2/h17-20,29,31,48H,3-16,21-27,40H2,1-2H3,(H,43,51)(H,44,52)(H3,41,42,45,46)/t29-,31+/m0/s1. The summed E-state index contributed by atoms with van der Waals surface area (Å²) in [5, 5.41) is 15.8. The summed E-state index contributed by atoms with van der Waals surface area (Å²) >= 11 is 1.41. The molecule has 0 saturated heterocycles. The molecule has 0 aliphatic carbocycles. The largest absolute Gasteiger partial charge is 0.465 e. The second-order valence-electron chi connectivity index (χ2n) is 13.9. The number of hydrogen-bond donors (Lipinski definition) is 6. The molecular formula is C39H62N8O6S. The number of aromatic amines is 1. The zero-order valence-corrected chi connectivity index (χ0v) is 33.0. The van der Waals surface area contributed by atoms with Gasteiger partial charge in [-0.05, 0) is 30.5 Å². The molecule has 2 aromatic heterocycles. The van der Waals surface area contributed by atoms with E-state index in [4.69, 9.17) is 16.2 Å². The first-order chi connectivity index (χ1) is 26.2. The first-order valence-corrected chi connectivity index (χ1v) is 20.8. The smallest absolute Gasteiger partial charge is 0.328 e. The van der Waals surface area contributed by atoms with Gasteiger partial charge in [-0.2, -0.15) is 21.7 Å². The van der Waals surface area contributed by atoms with Gasteiger partial charge in [-0.3, -0.25) is 19.0 Å². The molecule has 0 fully saturated rings. The molecule has 54 heavy (non-hydrogen) atoms. The number of fused-ring (bicyclic) bond motifs is 1. The number of unbranched alkanes of at least 4 members (excludes halogenated alkanes) is 11. The van der Waals surface area contributed by atoms with Gasteiger partial charge in [-0.15, -0.1) is 0 Å². The maximum Gasteiger partial charge on any atom is 0.328 e. The van der Waals surface area contributed by atoms with Gasteiger partial charge >= 0.3 is 11.7 Å². The maximum atomic E-state index is 12.9. The first kappa shape index (κ1) is 44.4. The molecule has 0 unspecified atom stereocenters. The minimum absolute atomic E-state index is 0.173. The lowest BCUT2D eigenvalue weighted by Crippen LogP contribution is -2.37. The number of Topliss-reactive ketones (excluding diaryl/α,β-unsaturated/α-hetero) is 1. The van der Waals surface area contributed by atoms with Crippen LogP contribution in [0.5, 0.6) is 0 Å². The summed E-state index contributed by atoms with van der Waals surface area (Å²) in [6.45, 7) is 4.92. The molecule has 3 aromatic rings. The number of carbonyl (C=O) groups is 3. The Labute approximate surface area is 323 Å². The highest BCUT2D eigenvalue weighted by Gasteiger charge is 2.25. The van der Waals surface area contributed by atoms with Crippen LogP contribution in [0.3, 0.4) is 0 Å². The second kappa shape index (κ2) is 25.2. The van der Waals surface area contributed by atoms with Gasteiger partial charge in [0.2, 0.25) is 11.9 Å². The molecular weight excluding hydrogens is 709 g/mol. The zero-order chi connectivity index (χ0) is 39.1. The number of anilines is 3. The van der Waals surface area contributed by atoms with Crippen molar-refractivity contribution in [3.8, 4) is 0 Å². The molecule has 0 spiro atoms. The number of amides is 1. The van der Waals surface area contributed by atoms with E-state index >= 15 is 0 Å². The van der Waals surface area contributed by atoms with E-state index in [1.165, 1.54) is 67.7 Å². The predicted molar refractivity (Wildman–Crippen MR) is 218 cm³/mol. The third-order valence-electron chi connectivity index (χ3n) is 9.25. The lowest BCUT2D eigenvalue weighted by atomic mass is 9.99. The van der Waals surface area contributed by atoms with Crippen molar-refractivity contribution in [3.63, 3.8) is 0 Å². The summed E-state index contributed by atoms with van der Waals surface area (Å²) < 4.78 is 6.79. The van der Waals surface area contributed by atoms with Crippen molar-refractivity contribution in [2.24, 2.45) is 11.7 Å². The highest BCUT2D eigenvalue weighted by molar-refractivity contribution is 7.99. The molecule has 300 valence electrons. The number of esters is 1. The average molecular weight is 771 g/mol. The Morgan fingerprint density at radius 3 is 2.24 bits per heavy atom. The van der Waals surface area contributed by atoms with Crippen molar-refractivity contribution in [2.45, 2.75) is 123 Å². The van der Waals surface area contributed by atoms with E-state index in [-0.39, 0.29) is 42.8 Å². The van der Waals surface area contributed by atoms with Crippen LogP contribution in [0.15, 0.2) is 29.1 Å². The number of aromatic nitrogens is 4. The van der Waals surface area contributed by atoms with Crippen molar-refractivity contribution >= 4 is 58.0 Å². The third-order valence-corrected chi connectivity index (χ3v) is 10.3. The summed E-state index contributed by atoms with van der Waals surface area (Å²) in [6, 6.07) is 6.05. The molecule has 0 bridgehead atoms. The van der Waals surface area contributed by atoms with Gasteiger partial charge in [0.25, 0.3) is 0 Å². The fraction of sp³-hybridized carbons (Fsp3) is 0.641. The van der Waals surface area contributed by atoms with Gasteiger partial charge in [-0.1, -0.05) is 96.6 Å². The number of ether oxygens (including phenoxy) is 1. The van der Waals surface area contributed by atoms with Gasteiger partial charge in [0.1, 0.15) is 12.1 Å². The van der Waals surface area contributed by atoms with Crippen LogP contribution >= 0.6 is 11.8 Å². The topological polar surface area (TPSA) is 220 Å². The van der Waals surface area contributed by atoms with E-state index in [9.17, 15) is 24.3 Å². The van der Waals surface area contributed by atoms with Crippen molar-refractivity contribution in [1.82, 2.24) is 19.5 Å². The molecule has 15 heteroatoms. The molecule has 0 aliphatic heterocycles. The summed E-state index contributed by atoms with van der Waals surface area (Å²) in [4.78, 5) is 62.0. The fourth-order valence-electron chi connectivity index (χ4n) is 5.93. The first-order valence-electron chi connectivity index (χ1n) is 19.7. The number of nitrogen functional groups attached to an aromatic ring is 1. The Bertz CT molecular complexity index is 1630. The van der Waals surface area contributed by atoms with Crippen molar-refractivity contribution in [2.75, 3.05) is 47.6 Å². The number of rotatable bonds is 29. The number of nitrogens with one attached hydrogen (secondary N) is 3. The van der Waals surface area contributed by atoms with Crippen LogP contribution in [-0.2, 0) is 25.7 Å². The van der Waals surface area contributed by atoms with Crippen LogP contribution in [0.25, 0.3) is 11.2 Å². The molecule has 0 saturated carbocycles. The molecule has 1 amide bonds. The van der Waals surface area contributed by atoms with E-state index in [2.05, 4.69) is 39.4 Å². The van der Waals surface area contributed by atoms with E-state index in [0.29, 0.717) is 47.3 Å². The summed E-state index contributed by atoms with van der Waals surface area (Å²) in [6.07, 6.45) is 15.6. The monoisotopic (exact) mass is 770 g/mol. The van der Waals surface area contributed by atoms with Crippen LogP contribution in [0.4, 0.5) is 17.5 Å². The zero-order valence-electron chi connectivity index (χ0n) is 32.2. The molecule has 14 nitrogen and oxygen atoms in total. The lowest BCUT2D eigenvalue weighted by molar-refractivity contribution is -0.143. The quantitative estimate of drug-likeness (QED) is 0.0366. The normalized spacial score (nSPS) is 12.4. The number of H-pyrrole nitrogens is 1. The Kier molecular flexibility index (Phi) is 20.7. The van der Waals surface area contributed by atoms with E-state index in [0.717, 1.165) is 37.7 Å². The lowest BCUT2D eigenvalue weighted by Gasteiger charge is -2.17. The maximum absolute atomic E-state index is 12.9. The van der Waals surface area contributed by atoms with Gasteiger partial charge in [0.05, 0.1) is 25.1 Å². The molecule has 0 radical (unpaired) electrons. The average Bonchev–Trinajstić information content (AvgIpc) is 3.47.